The van der Waals surface area contributed by atoms with Crippen molar-refractivity contribution in [1.82, 2.24) is 9.88 Å². The lowest BCUT2D eigenvalue weighted by Gasteiger charge is -2.32. The van der Waals surface area contributed by atoms with E-state index >= 15 is 0 Å². The predicted octanol–water partition coefficient (Wildman–Crippen LogP) is 3.05. The topological polar surface area (TPSA) is 54.5 Å². The van der Waals surface area contributed by atoms with Gasteiger partial charge in [0.1, 0.15) is 6.10 Å². The van der Waals surface area contributed by atoms with Gasteiger partial charge in [0.15, 0.2) is 0 Å². The monoisotopic (exact) mass is 337 g/mol. The smallest absolute Gasteiger partial charge is 0.246 e. The van der Waals surface area contributed by atoms with Gasteiger partial charge in [-0.3, -0.25) is 9.78 Å². The molecule has 130 valence electrons. The van der Waals surface area contributed by atoms with Crippen LogP contribution in [0.4, 0.5) is 5.69 Å². The number of amides is 1. The van der Waals surface area contributed by atoms with Crippen LogP contribution in [0, 0.1) is 6.92 Å². The first-order valence-electron chi connectivity index (χ1n) is 8.45. The van der Waals surface area contributed by atoms with Gasteiger partial charge >= 0.3 is 0 Å². The number of anilines is 1. The maximum Gasteiger partial charge on any atom is 0.246 e. The molecule has 1 fully saturated rings. The van der Waals surface area contributed by atoms with Gasteiger partial charge in [0.25, 0.3) is 0 Å². The van der Waals surface area contributed by atoms with Crippen LogP contribution in [0.3, 0.4) is 0 Å². The van der Waals surface area contributed by atoms with Gasteiger partial charge in [-0.1, -0.05) is 30.3 Å². The summed E-state index contributed by atoms with van der Waals surface area (Å²) < 4.78 is 5.85. The number of hydrogen-bond acceptors (Lipinski definition) is 4. The molecule has 5 nitrogen and oxygen atoms in total. The highest BCUT2D eigenvalue weighted by atomic mass is 16.5. The molecule has 2 aromatic rings. The predicted molar refractivity (Wildman–Crippen MR) is 99.3 cm³/mol. The lowest BCUT2D eigenvalue weighted by atomic mass is 10.1. The molecular weight excluding hydrogens is 314 g/mol. The van der Waals surface area contributed by atoms with Gasteiger partial charge in [0.05, 0.1) is 18.8 Å². The third kappa shape index (κ3) is 4.45. The molecule has 2 heterocycles. The molecule has 3 rings (SSSR count). The fourth-order valence-corrected chi connectivity index (χ4v) is 2.87. The second kappa shape index (κ2) is 7.94. The van der Waals surface area contributed by atoms with Gasteiger partial charge in [-0.2, -0.15) is 0 Å². The van der Waals surface area contributed by atoms with E-state index < -0.39 is 0 Å². The van der Waals surface area contributed by atoms with E-state index in [9.17, 15) is 4.79 Å². The van der Waals surface area contributed by atoms with Gasteiger partial charge < -0.3 is 15.0 Å². The number of nitrogens with one attached hydrogen (secondary N) is 1. The lowest BCUT2D eigenvalue weighted by Crippen LogP contribution is -2.41. The molecule has 1 aliphatic rings. The zero-order valence-corrected chi connectivity index (χ0v) is 14.6. The summed E-state index contributed by atoms with van der Waals surface area (Å²) in [5.41, 5.74) is 3.80. The van der Waals surface area contributed by atoms with Crippen molar-refractivity contribution in [3.05, 3.63) is 65.5 Å². The molecule has 25 heavy (non-hydrogen) atoms. The Labute approximate surface area is 148 Å². The summed E-state index contributed by atoms with van der Waals surface area (Å²) in [5, 5.41) is 3.13. The first kappa shape index (κ1) is 17.2. The van der Waals surface area contributed by atoms with Crippen LogP contribution in [0.5, 0.6) is 0 Å². The van der Waals surface area contributed by atoms with Crippen molar-refractivity contribution in [2.24, 2.45) is 0 Å². The molecule has 1 atom stereocenters. The number of rotatable bonds is 4. The highest BCUT2D eigenvalue weighted by Gasteiger charge is 2.25. The number of aryl methyl sites for hydroxylation is 1. The number of pyridine rings is 1. The maximum absolute atomic E-state index is 12.5. The molecule has 1 aromatic heterocycles. The first-order chi connectivity index (χ1) is 12.2. The molecule has 1 aliphatic heterocycles. The number of hydrogen-bond donors (Lipinski definition) is 1. The first-order valence-corrected chi connectivity index (χ1v) is 8.45. The van der Waals surface area contributed by atoms with E-state index in [1.807, 2.05) is 67.4 Å². The van der Waals surface area contributed by atoms with Crippen molar-refractivity contribution >= 4 is 17.7 Å². The van der Waals surface area contributed by atoms with Crippen molar-refractivity contribution in [2.45, 2.75) is 13.0 Å². The molecule has 0 radical (unpaired) electrons. The summed E-state index contributed by atoms with van der Waals surface area (Å²) >= 11 is 0. The number of benzene rings is 1. The Morgan fingerprint density at radius 2 is 2.12 bits per heavy atom. The minimum atomic E-state index is -0.199. The van der Waals surface area contributed by atoms with E-state index in [-0.39, 0.29) is 12.0 Å². The van der Waals surface area contributed by atoms with E-state index in [1.165, 1.54) is 0 Å². The van der Waals surface area contributed by atoms with E-state index in [0.29, 0.717) is 19.7 Å². The van der Waals surface area contributed by atoms with Gasteiger partial charge in [-0.15, -0.1) is 0 Å². The quantitative estimate of drug-likeness (QED) is 0.871. The average molecular weight is 337 g/mol. The molecule has 0 saturated carbocycles. The summed E-state index contributed by atoms with van der Waals surface area (Å²) in [5.74, 6) is -0.00125. The Bertz CT molecular complexity index is 759. The highest BCUT2D eigenvalue weighted by molar-refractivity contribution is 5.91. The highest BCUT2D eigenvalue weighted by Crippen LogP contribution is 2.24. The Morgan fingerprint density at radius 3 is 2.88 bits per heavy atom. The summed E-state index contributed by atoms with van der Waals surface area (Å²) in [4.78, 5) is 18.9. The Morgan fingerprint density at radius 1 is 1.32 bits per heavy atom. The van der Waals surface area contributed by atoms with Crippen LogP contribution in [0.15, 0.2) is 48.5 Å². The van der Waals surface area contributed by atoms with E-state index in [4.69, 9.17) is 4.74 Å². The molecule has 0 spiro atoms. The fourth-order valence-electron chi connectivity index (χ4n) is 2.87. The molecule has 1 amide bonds. The zero-order valence-electron chi connectivity index (χ0n) is 14.6. The number of nitrogens with zero attached hydrogens (tertiary/aromatic N) is 2. The molecule has 0 aliphatic carbocycles. The second-order valence-corrected chi connectivity index (χ2v) is 6.06. The van der Waals surface area contributed by atoms with Crippen molar-refractivity contribution in [1.29, 1.82) is 0 Å². The minimum Gasteiger partial charge on any atom is -0.388 e. The van der Waals surface area contributed by atoms with E-state index in [2.05, 4.69) is 10.3 Å². The number of aromatic nitrogens is 1. The van der Waals surface area contributed by atoms with E-state index in [0.717, 1.165) is 22.6 Å². The summed E-state index contributed by atoms with van der Waals surface area (Å²) in [6, 6.07) is 13.8. The normalized spacial score (nSPS) is 17.7. The van der Waals surface area contributed by atoms with Gasteiger partial charge in [-0.25, -0.2) is 0 Å². The third-order valence-electron chi connectivity index (χ3n) is 4.19. The second-order valence-electron chi connectivity index (χ2n) is 6.06. The van der Waals surface area contributed by atoms with Crippen LogP contribution < -0.4 is 5.32 Å². The van der Waals surface area contributed by atoms with Gasteiger partial charge in [0.2, 0.25) is 5.91 Å². The molecular formula is C20H23N3O2. The molecule has 0 unspecified atom stereocenters. The van der Waals surface area contributed by atoms with Crippen molar-refractivity contribution in [3.8, 4) is 0 Å². The van der Waals surface area contributed by atoms with Crippen LogP contribution in [0.1, 0.15) is 23.1 Å². The average Bonchev–Trinajstić information content (AvgIpc) is 2.66. The Hall–Kier alpha value is -2.66. The molecule has 5 heteroatoms. The van der Waals surface area contributed by atoms with Gasteiger partial charge in [0, 0.05) is 31.0 Å². The van der Waals surface area contributed by atoms with Crippen LogP contribution >= 0.6 is 0 Å². The van der Waals surface area contributed by atoms with Gasteiger partial charge in [-0.05, 0) is 30.7 Å². The molecule has 0 bridgehead atoms. The van der Waals surface area contributed by atoms with Crippen molar-refractivity contribution in [3.63, 3.8) is 0 Å². The maximum atomic E-state index is 12.5. The number of morpholine rings is 1. The SMILES string of the molecule is CNc1cc(C)nc([C@H]2CN(C(=O)/C=C/c3ccccc3)CCO2)c1. The largest absolute Gasteiger partial charge is 0.388 e. The number of carbonyl (C=O) groups is 1. The van der Waals surface area contributed by atoms with Crippen molar-refractivity contribution in [2.75, 3.05) is 32.1 Å². The number of carbonyl (C=O) groups excluding carboxylic acids is 1. The van der Waals surface area contributed by atoms with Crippen LogP contribution in [0.25, 0.3) is 6.08 Å². The zero-order chi connectivity index (χ0) is 17.6. The van der Waals surface area contributed by atoms with Crippen molar-refractivity contribution < 1.29 is 9.53 Å². The van der Waals surface area contributed by atoms with E-state index in [1.54, 1.807) is 6.08 Å². The van der Waals surface area contributed by atoms with Crippen LogP contribution in [-0.4, -0.2) is 42.5 Å². The molecule has 1 aromatic carbocycles. The van der Waals surface area contributed by atoms with Crippen LogP contribution in [0.2, 0.25) is 0 Å². The molecule has 1 saturated heterocycles. The Balaban J connectivity index is 1.69. The fraction of sp³-hybridized carbons (Fsp3) is 0.300. The third-order valence-corrected chi connectivity index (χ3v) is 4.19. The molecule has 1 N–H and O–H groups in total. The standard InChI is InChI=1S/C20H23N3O2/c1-15-12-17(21-2)13-18(22-15)19-14-23(10-11-25-19)20(24)9-8-16-6-4-3-5-7-16/h3-9,12-13,19H,10-11,14H2,1-2H3,(H,21,22)/b9-8+/t19-/m1/s1. The Kier molecular flexibility index (Phi) is 5.46. The number of ether oxygens (including phenoxy) is 1. The minimum absolute atomic E-state index is 0.00125. The summed E-state index contributed by atoms with van der Waals surface area (Å²) in [7, 11) is 1.88. The summed E-state index contributed by atoms with van der Waals surface area (Å²) in [6.07, 6.45) is 3.27. The summed E-state index contributed by atoms with van der Waals surface area (Å²) in [6.45, 7) is 3.58. The lowest BCUT2D eigenvalue weighted by molar-refractivity contribution is -0.133. The van der Waals surface area contributed by atoms with Crippen LogP contribution in [-0.2, 0) is 9.53 Å².